The molecular weight excluding hydrogens is 472 g/mol. The Balaban J connectivity index is 1.43. The monoisotopic (exact) mass is 500 g/mol. The zero-order valence-corrected chi connectivity index (χ0v) is 21.3. The Hall–Kier alpha value is -4.72. The average Bonchev–Trinajstić information content (AvgIpc) is 3.38. The van der Waals surface area contributed by atoms with Crippen LogP contribution < -0.4 is 5.32 Å². The molecule has 2 heterocycles. The van der Waals surface area contributed by atoms with Crippen molar-refractivity contribution in [2.24, 2.45) is 7.05 Å². The van der Waals surface area contributed by atoms with E-state index in [1.165, 1.54) is 0 Å². The predicted molar refractivity (Wildman–Crippen MR) is 146 cm³/mol. The maximum Gasteiger partial charge on any atom is 0.240 e. The summed E-state index contributed by atoms with van der Waals surface area (Å²) in [5, 5.41) is 24.7. The Labute approximate surface area is 222 Å². The van der Waals surface area contributed by atoms with Crippen LogP contribution in [0.1, 0.15) is 28.8 Å². The Kier molecular flexibility index (Phi) is 7.31. The van der Waals surface area contributed by atoms with Gasteiger partial charge in [-0.25, -0.2) is 4.98 Å². The van der Waals surface area contributed by atoms with Crippen LogP contribution in [-0.4, -0.2) is 39.5 Å². The minimum atomic E-state index is -0.477. The lowest BCUT2D eigenvalue weighted by molar-refractivity contribution is -0.133. The summed E-state index contributed by atoms with van der Waals surface area (Å²) >= 11 is 0. The fraction of sp³-hybridized carbons (Fsp3) is 0.226. The van der Waals surface area contributed by atoms with Crippen molar-refractivity contribution in [3.63, 3.8) is 0 Å². The summed E-state index contributed by atoms with van der Waals surface area (Å²) in [6, 6.07) is 25.7. The van der Waals surface area contributed by atoms with Crippen molar-refractivity contribution in [1.82, 2.24) is 19.8 Å². The van der Waals surface area contributed by atoms with Crippen LogP contribution in [-0.2, 0) is 24.8 Å². The Morgan fingerprint density at radius 1 is 1.05 bits per heavy atom. The number of hydrogen-bond acceptors (Lipinski definition) is 5. The van der Waals surface area contributed by atoms with Gasteiger partial charge >= 0.3 is 0 Å². The first-order chi connectivity index (χ1) is 18.6. The molecule has 188 valence electrons. The quantitative estimate of drug-likeness (QED) is 0.407. The molecule has 1 aromatic heterocycles. The molecule has 0 saturated heterocycles. The van der Waals surface area contributed by atoms with Crippen molar-refractivity contribution >= 4 is 22.3 Å². The van der Waals surface area contributed by atoms with Crippen molar-refractivity contribution in [2.45, 2.75) is 25.4 Å². The number of imidazole rings is 1. The van der Waals surface area contributed by atoms with E-state index in [4.69, 9.17) is 5.26 Å². The van der Waals surface area contributed by atoms with E-state index >= 15 is 0 Å². The molecule has 7 nitrogen and oxygen atoms in total. The highest BCUT2D eigenvalue weighted by Crippen LogP contribution is 2.32. The normalized spacial score (nSPS) is 14.2. The molecule has 7 heteroatoms. The Morgan fingerprint density at radius 2 is 1.84 bits per heavy atom. The number of rotatable bonds is 7. The maximum atomic E-state index is 14.0. The third kappa shape index (κ3) is 5.20. The first-order valence-corrected chi connectivity index (χ1v) is 12.6. The van der Waals surface area contributed by atoms with Crippen molar-refractivity contribution in [1.29, 1.82) is 10.5 Å². The molecule has 3 aromatic carbocycles. The predicted octanol–water partition coefficient (Wildman–Crippen LogP) is 4.36. The fourth-order valence-electron chi connectivity index (χ4n) is 5.01. The summed E-state index contributed by atoms with van der Waals surface area (Å²) in [5.74, 6) is -0.00810. The van der Waals surface area contributed by atoms with Crippen LogP contribution in [0.2, 0.25) is 0 Å². The summed E-state index contributed by atoms with van der Waals surface area (Å²) < 4.78 is 1.93. The molecule has 0 radical (unpaired) electrons. The minimum Gasteiger partial charge on any atom is -0.337 e. The molecule has 0 bridgehead atoms. The molecular formula is C31H28N6O. The molecule has 1 amide bonds. The van der Waals surface area contributed by atoms with Gasteiger partial charge in [0.2, 0.25) is 5.91 Å². The molecule has 4 aromatic rings. The highest BCUT2D eigenvalue weighted by atomic mass is 16.2. The van der Waals surface area contributed by atoms with Crippen LogP contribution in [0.15, 0.2) is 84.8 Å². The average molecular weight is 501 g/mol. The molecule has 0 spiro atoms. The lowest BCUT2D eigenvalue weighted by Crippen LogP contribution is -2.49. The van der Waals surface area contributed by atoms with E-state index in [1.54, 1.807) is 24.7 Å². The van der Waals surface area contributed by atoms with Gasteiger partial charge in [-0.05, 0) is 46.0 Å². The van der Waals surface area contributed by atoms with Gasteiger partial charge in [0.1, 0.15) is 0 Å². The molecule has 38 heavy (non-hydrogen) atoms. The second-order valence-corrected chi connectivity index (χ2v) is 9.55. The van der Waals surface area contributed by atoms with Gasteiger partial charge in [-0.2, -0.15) is 10.5 Å². The highest BCUT2D eigenvalue weighted by Gasteiger charge is 2.29. The highest BCUT2D eigenvalue weighted by molar-refractivity contribution is 5.96. The second kappa shape index (κ2) is 11.1. The molecule has 1 atom stereocenters. The summed E-state index contributed by atoms with van der Waals surface area (Å²) in [6.45, 7) is 1.37. The van der Waals surface area contributed by atoms with Crippen molar-refractivity contribution in [3.8, 4) is 12.1 Å². The summed E-state index contributed by atoms with van der Waals surface area (Å²) in [7, 11) is 1.93. The van der Waals surface area contributed by atoms with E-state index in [-0.39, 0.29) is 5.91 Å². The van der Waals surface area contributed by atoms with Gasteiger partial charge < -0.3 is 9.47 Å². The third-order valence-corrected chi connectivity index (χ3v) is 7.17. The van der Waals surface area contributed by atoms with Gasteiger partial charge in [0.25, 0.3) is 0 Å². The van der Waals surface area contributed by atoms with Crippen molar-refractivity contribution < 1.29 is 4.79 Å². The number of nitrogens with one attached hydrogen (secondary N) is 1. The second-order valence-electron chi connectivity index (χ2n) is 9.55. The molecule has 0 aliphatic carbocycles. The minimum absolute atomic E-state index is 0.00810. The number of carbonyl (C=O) groups excluding carboxylic acids is 1. The lowest BCUT2D eigenvalue weighted by atomic mass is 9.90. The van der Waals surface area contributed by atoms with Gasteiger partial charge in [0, 0.05) is 44.9 Å². The third-order valence-electron chi connectivity index (χ3n) is 7.17. The van der Waals surface area contributed by atoms with E-state index in [0.717, 1.165) is 38.7 Å². The van der Waals surface area contributed by atoms with Crippen LogP contribution in [0.4, 0.5) is 0 Å². The summed E-state index contributed by atoms with van der Waals surface area (Å²) in [5.41, 5.74) is 5.18. The molecule has 0 fully saturated rings. The molecule has 0 saturated carbocycles. The van der Waals surface area contributed by atoms with Gasteiger partial charge in [0.15, 0.2) is 0 Å². The topological polar surface area (TPSA) is 97.7 Å². The van der Waals surface area contributed by atoms with E-state index in [1.807, 2.05) is 52.9 Å². The zero-order chi connectivity index (χ0) is 26.5. The number of aryl methyl sites for hydroxylation is 1. The largest absolute Gasteiger partial charge is 0.337 e. The van der Waals surface area contributed by atoms with Gasteiger partial charge in [-0.3, -0.25) is 10.1 Å². The molecule has 0 unspecified atom stereocenters. The number of hydrogen-bond donors (Lipinski definition) is 1. The maximum absolute atomic E-state index is 14.0. The van der Waals surface area contributed by atoms with Crippen molar-refractivity contribution in [3.05, 3.63) is 107 Å². The van der Waals surface area contributed by atoms with E-state index in [2.05, 4.69) is 40.6 Å². The first-order valence-electron chi connectivity index (χ1n) is 12.6. The first kappa shape index (κ1) is 25.0. The van der Waals surface area contributed by atoms with Crippen LogP contribution in [0.3, 0.4) is 0 Å². The van der Waals surface area contributed by atoms with E-state index in [9.17, 15) is 10.1 Å². The number of benzene rings is 3. The van der Waals surface area contributed by atoms with Gasteiger partial charge in [-0.15, -0.1) is 0 Å². The van der Waals surface area contributed by atoms with Crippen LogP contribution in [0.25, 0.3) is 16.3 Å². The van der Waals surface area contributed by atoms with E-state index < -0.39 is 6.04 Å². The molecule has 1 aliphatic heterocycles. The van der Waals surface area contributed by atoms with Crippen molar-refractivity contribution in [2.75, 3.05) is 13.1 Å². The standard InChI is InChI=1S/C31H28N6O/c1-36-21-34-18-26(36)19-35-30(15-22-9-11-23(16-32)12-10-22)31(38)37-14-13-25(17-33)29(20-37)28-8-4-6-24-5-2-3-7-27(24)28/h2-12,18,21,30,35H,13-15,19-20H2,1H3/t30-/m0/s1. The molecule has 1 aliphatic rings. The van der Waals surface area contributed by atoms with Gasteiger partial charge in [0.05, 0.1) is 35.8 Å². The number of nitriles is 2. The van der Waals surface area contributed by atoms with Crippen LogP contribution in [0, 0.1) is 22.7 Å². The number of amides is 1. The molecule has 1 N–H and O–H groups in total. The number of carbonyl (C=O) groups is 1. The SMILES string of the molecule is Cn1cncc1CN[C@@H](Cc1ccc(C#N)cc1)C(=O)N1CCC(C#N)=C(c2cccc3ccccc23)C1. The smallest absolute Gasteiger partial charge is 0.240 e. The Bertz CT molecular complexity index is 1580. The van der Waals surface area contributed by atoms with Crippen LogP contribution in [0.5, 0.6) is 0 Å². The molecule has 5 rings (SSSR count). The summed E-state index contributed by atoms with van der Waals surface area (Å²) in [6.07, 6.45) is 4.53. The lowest BCUT2D eigenvalue weighted by Gasteiger charge is -2.33. The van der Waals surface area contributed by atoms with E-state index in [0.29, 0.717) is 38.0 Å². The Morgan fingerprint density at radius 3 is 2.58 bits per heavy atom. The number of nitrogens with zero attached hydrogens (tertiary/aromatic N) is 5. The summed E-state index contributed by atoms with van der Waals surface area (Å²) in [4.78, 5) is 20.0. The number of aromatic nitrogens is 2. The number of fused-ring (bicyclic) bond motifs is 1. The fourth-order valence-corrected chi connectivity index (χ4v) is 5.01. The van der Waals surface area contributed by atoms with Gasteiger partial charge in [-0.1, -0.05) is 54.6 Å². The zero-order valence-electron chi connectivity index (χ0n) is 21.3. The van der Waals surface area contributed by atoms with Crippen LogP contribution >= 0.6 is 0 Å².